The second-order valence-corrected chi connectivity index (χ2v) is 3.99. The van der Waals surface area contributed by atoms with E-state index in [1.54, 1.807) is 5.70 Å². The molecular weight excluding hydrogens is 146 g/mol. The van der Waals surface area contributed by atoms with Crippen molar-refractivity contribution in [2.75, 3.05) is 13.1 Å². The van der Waals surface area contributed by atoms with Gasteiger partial charge in [-0.1, -0.05) is 18.9 Å². The molecule has 2 rings (SSSR count). The summed E-state index contributed by atoms with van der Waals surface area (Å²) >= 11 is 0. The van der Waals surface area contributed by atoms with Crippen LogP contribution in [-0.4, -0.2) is 18.0 Å². The lowest BCUT2D eigenvalue weighted by atomic mass is 10.0. The Morgan fingerprint density at radius 3 is 2.50 bits per heavy atom. The first-order valence-electron chi connectivity index (χ1n) is 5.41. The monoisotopic (exact) mass is 165 g/mol. The SMILES string of the molecule is C1=C(\N2CCC2)CCCCCC/1. The van der Waals surface area contributed by atoms with Crippen molar-refractivity contribution >= 4 is 0 Å². The Balaban J connectivity index is 1.90. The molecule has 1 aliphatic heterocycles. The Labute approximate surface area is 75.4 Å². The molecule has 1 heterocycles. The molecule has 1 heteroatoms. The van der Waals surface area contributed by atoms with Crippen LogP contribution in [0.3, 0.4) is 0 Å². The van der Waals surface area contributed by atoms with Crippen LogP contribution in [-0.2, 0) is 0 Å². The summed E-state index contributed by atoms with van der Waals surface area (Å²) < 4.78 is 0. The van der Waals surface area contributed by atoms with E-state index in [9.17, 15) is 0 Å². The zero-order chi connectivity index (χ0) is 8.23. The van der Waals surface area contributed by atoms with Crippen LogP contribution in [0.1, 0.15) is 44.9 Å². The molecule has 68 valence electrons. The van der Waals surface area contributed by atoms with E-state index in [1.807, 2.05) is 0 Å². The van der Waals surface area contributed by atoms with Crippen molar-refractivity contribution in [3.63, 3.8) is 0 Å². The van der Waals surface area contributed by atoms with Gasteiger partial charge in [0.15, 0.2) is 0 Å². The van der Waals surface area contributed by atoms with E-state index in [-0.39, 0.29) is 0 Å². The highest BCUT2D eigenvalue weighted by Crippen LogP contribution is 2.23. The van der Waals surface area contributed by atoms with Crippen molar-refractivity contribution in [2.45, 2.75) is 44.9 Å². The first-order valence-corrected chi connectivity index (χ1v) is 5.41. The van der Waals surface area contributed by atoms with E-state index in [0.717, 1.165) is 0 Å². The van der Waals surface area contributed by atoms with Gasteiger partial charge in [-0.25, -0.2) is 0 Å². The third-order valence-electron chi connectivity index (χ3n) is 3.03. The molecule has 12 heavy (non-hydrogen) atoms. The Morgan fingerprint density at radius 2 is 1.75 bits per heavy atom. The second-order valence-electron chi connectivity index (χ2n) is 3.99. The van der Waals surface area contributed by atoms with Crippen LogP contribution in [0.2, 0.25) is 0 Å². The van der Waals surface area contributed by atoms with E-state index in [0.29, 0.717) is 0 Å². The zero-order valence-electron chi connectivity index (χ0n) is 7.89. The Bertz CT molecular complexity index is 168. The topological polar surface area (TPSA) is 3.24 Å². The minimum Gasteiger partial charge on any atom is -0.375 e. The van der Waals surface area contributed by atoms with Gasteiger partial charge in [0.25, 0.3) is 0 Å². The van der Waals surface area contributed by atoms with Crippen LogP contribution in [0.5, 0.6) is 0 Å². The van der Waals surface area contributed by atoms with Gasteiger partial charge >= 0.3 is 0 Å². The fourth-order valence-corrected chi connectivity index (χ4v) is 2.07. The van der Waals surface area contributed by atoms with E-state index >= 15 is 0 Å². The van der Waals surface area contributed by atoms with Crippen LogP contribution >= 0.6 is 0 Å². The maximum Gasteiger partial charge on any atom is 0.0191 e. The van der Waals surface area contributed by atoms with Gasteiger partial charge < -0.3 is 4.90 Å². The van der Waals surface area contributed by atoms with Crippen molar-refractivity contribution in [3.8, 4) is 0 Å². The molecular formula is C11H19N. The normalized spacial score (nSPS) is 29.7. The Kier molecular flexibility index (Phi) is 2.70. The summed E-state index contributed by atoms with van der Waals surface area (Å²) in [7, 11) is 0. The average Bonchev–Trinajstić information content (AvgIpc) is 1.90. The smallest absolute Gasteiger partial charge is 0.0191 e. The van der Waals surface area contributed by atoms with Crippen LogP contribution in [0.25, 0.3) is 0 Å². The minimum absolute atomic E-state index is 1.33. The Hall–Kier alpha value is -0.460. The number of rotatable bonds is 1. The molecule has 0 aromatic heterocycles. The molecule has 0 saturated carbocycles. The van der Waals surface area contributed by atoms with Crippen LogP contribution in [0, 0.1) is 0 Å². The van der Waals surface area contributed by atoms with Crippen molar-refractivity contribution in [1.82, 2.24) is 4.90 Å². The standard InChI is InChI=1S/C11H19N/c1-2-4-7-11(8-5-3-1)12-9-6-10-12/h7H,1-6,8-10H2/b11-7-. The highest BCUT2D eigenvalue weighted by molar-refractivity contribution is 5.04. The lowest BCUT2D eigenvalue weighted by Crippen LogP contribution is -2.36. The molecule has 0 amide bonds. The third-order valence-corrected chi connectivity index (χ3v) is 3.03. The fourth-order valence-electron chi connectivity index (χ4n) is 2.07. The molecule has 1 saturated heterocycles. The van der Waals surface area contributed by atoms with Crippen molar-refractivity contribution < 1.29 is 0 Å². The van der Waals surface area contributed by atoms with Gasteiger partial charge in [0, 0.05) is 18.8 Å². The summed E-state index contributed by atoms with van der Waals surface area (Å²) in [5.41, 5.74) is 1.65. The van der Waals surface area contributed by atoms with Gasteiger partial charge in [0.1, 0.15) is 0 Å². The lowest BCUT2D eigenvalue weighted by molar-refractivity contribution is 0.227. The summed E-state index contributed by atoms with van der Waals surface area (Å²) in [5.74, 6) is 0. The van der Waals surface area contributed by atoms with E-state index in [1.165, 1.54) is 58.0 Å². The lowest BCUT2D eigenvalue weighted by Gasteiger charge is -2.36. The summed E-state index contributed by atoms with van der Waals surface area (Å²) in [6.45, 7) is 2.65. The molecule has 0 atom stereocenters. The quantitative estimate of drug-likeness (QED) is 0.577. The predicted molar refractivity (Wildman–Crippen MR) is 52.0 cm³/mol. The van der Waals surface area contributed by atoms with Crippen LogP contribution in [0.15, 0.2) is 11.8 Å². The molecule has 0 N–H and O–H groups in total. The van der Waals surface area contributed by atoms with Gasteiger partial charge in [-0.2, -0.15) is 0 Å². The summed E-state index contributed by atoms with van der Waals surface area (Å²) in [6.07, 6.45) is 12.3. The summed E-state index contributed by atoms with van der Waals surface area (Å²) in [6, 6.07) is 0. The van der Waals surface area contributed by atoms with Crippen molar-refractivity contribution in [2.24, 2.45) is 0 Å². The van der Waals surface area contributed by atoms with E-state index in [2.05, 4.69) is 11.0 Å². The molecule has 1 aliphatic carbocycles. The molecule has 0 aromatic rings. The second kappa shape index (κ2) is 3.97. The molecule has 0 radical (unpaired) electrons. The number of hydrogen-bond donors (Lipinski definition) is 0. The van der Waals surface area contributed by atoms with Crippen molar-refractivity contribution in [1.29, 1.82) is 0 Å². The first kappa shape index (κ1) is 8.15. The van der Waals surface area contributed by atoms with Gasteiger partial charge in [0.05, 0.1) is 0 Å². The predicted octanol–water partition coefficient (Wildman–Crippen LogP) is 2.93. The maximum absolute atomic E-state index is 2.56. The van der Waals surface area contributed by atoms with Crippen LogP contribution in [0.4, 0.5) is 0 Å². The molecule has 2 aliphatic rings. The number of nitrogens with zero attached hydrogens (tertiary/aromatic N) is 1. The molecule has 0 bridgehead atoms. The highest BCUT2D eigenvalue weighted by Gasteiger charge is 2.16. The molecule has 1 fully saturated rings. The summed E-state index contributed by atoms with van der Waals surface area (Å²) in [4.78, 5) is 2.56. The zero-order valence-corrected chi connectivity index (χ0v) is 7.89. The molecule has 0 aromatic carbocycles. The summed E-state index contributed by atoms with van der Waals surface area (Å²) in [5, 5.41) is 0. The molecule has 0 spiro atoms. The van der Waals surface area contributed by atoms with Gasteiger partial charge in [0.2, 0.25) is 0 Å². The van der Waals surface area contributed by atoms with Gasteiger partial charge in [-0.15, -0.1) is 0 Å². The third kappa shape index (κ3) is 1.82. The highest BCUT2D eigenvalue weighted by atomic mass is 15.2. The van der Waals surface area contributed by atoms with E-state index in [4.69, 9.17) is 0 Å². The van der Waals surface area contributed by atoms with E-state index < -0.39 is 0 Å². The minimum atomic E-state index is 1.33. The molecule has 1 nitrogen and oxygen atoms in total. The first-order chi connectivity index (χ1) is 5.97. The van der Waals surface area contributed by atoms with Gasteiger partial charge in [-0.05, 0) is 32.1 Å². The average molecular weight is 165 g/mol. The molecule has 0 unspecified atom stereocenters. The largest absolute Gasteiger partial charge is 0.375 e. The fraction of sp³-hybridized carbons (Fsp3) is 0.818. The Morgan fingerprint density at radius 1 is 0.917 bits per heavy atom. The van der Waals surface area contributed by atoms with Gasteiger partial charge in [-0.3, -0.25) is 0 Å². The number of likely N-dealkylation sites (tertiary alicyclic amines) is 1. The van der Waals surface area contributed by atoms with Crippen molar-refractivity contribution in [3.05, 3.63) is 11.8 Å². The number of hydrogen-bond acceptors (Lipinski definition) is 1. The maximum atomic E-state index is 2.56. The van der Waals surface area contributed by atoms with Crippen LogP contribution < -0.4 is 0 Å². The number of allylic oxidation sites excluding steroid dienone is 2.